The summed E-state index contributed by atoms with van der Waals surface area (Å²) in [6.45, 7) is 11.4. The van der Waals surface area contributed by atoms with E-state index < -0.39 is 0 Å². The molecule has 0 spiro atoms. The summed E-state index contributed by atoms with van der Waals surface area (Å²) in [4.78, 5) is 17.8. The number of benzene rings is 1. The minimum Gasteiger partial charge on any atom is -0.356 e. The van der Waals surface area contributed by atoms with E-state index in [0.717, 1.165) is 64.1 Å². The van der Waals surface area contributed by atoms with Crippen molar-refractivity contribution in [2.45, 2.75) is 25.7 Å². The summed E-state index contributed by atoms with van der Waals surface area (Å²) in [5.41, 5.74) is 1.37. The second-order valence-corrected chi connectivity index (χ2v) is 8.33. The first kappa shape index (κ1) is 25.3. The molecule has 8 heteroatoms. The number of aromatic nitrogens is 2. The van der Waals surface area contributed by atoms with Gasteiger partial charge in [-0.25, -0.2) is 9.97 Å². The van der Waals surface area contributed by atoms with E-state index in [1.807, 2.05) is 25.5 Å². The number of guanidine groups is 1. The minimum atomic E-state index is 0. The molecular formula is C23H36IN7. The molecule has 0 saturated carbocycles. The average Bonchev–Trinajstić information content (AvgIpc) is 2.80. The quantitative estimate of drug-likeness (QED) is 0.234. The van der Waals surface area contributed by atoms with Crippen LogP contribution in [-0.2, 0) is 5.41 Å². The number of anilines is 1. The lowest BCUT2D eigenvalue weighted by molar-refractivity contribution is 0.254. The molecule has 0 radical (unpaired) electrons. The fourth-order valence-electron chi connectivity index (χ4n) is 3.65. The molecule has 0 unspecified atom stereocenters. The molecule has 1 aromatic carbocycles. The van der Waals surface area contributed by atoms with Gasteiger partial charge in [-0.2, -0.15) is 0 Å². The minimum absolute atomic E-state index is 0. The van der Waals surface area contributed by atoms with Crippen LogP contribution >= 0.6 is 24.0 Å². The van der Waals surface area contributed by atoms with Gasteiger partial charge in [-0.1, -0.05) is 44.2 Å². The lowest BCUT2D eigenvalue weighted by Gasteiger charge is -2.34. The first-order valence-electron chi connectivity index (χ1n) is 10.8. The van der Waals surface area contributed by atoms with E-state index in [4.69, 9.17) is 0 Å². The van der Waals surface area contributed by atoms with Crippen LogP contribution in [0.15, 0.2) is 53.8 Å². The molecular weight excluding hydrogens is 501 g/mol. The molecule has 7 nitrogen and oxygen atoms in total. The van der Waals surface area contributed by atoms with E-state index in [-0.39, 0.29) is 29.4 Å². The second-order valence-electron chi connectivity index (χ2n) is 8.33. The van der Waals surface area contributed by atoms with E-state index in [0.29, 0.717) is 0 Å². The molecule has 2 heterocycles. The van der Waals surface area contributed by atoms with Crippen LogP contribution in [0.25, 0.3) is 0 Å². The van der Waals surface area contributed by atoms with Crippen LogP contribution in [0, 0.1) is 0 Å². The molecule has 0 atom stereocenters. The Bertz CT molecular complexity index is 775. The highest BCUT2D eigenvalue weighted by molar-refractivity contribution is 14.0. The summed E-state index contributed by atoms with van der Waals surface area (Å²) in [6, 6.07) is 12.5. The third-order valence-corrected chi connectivity index (χ3v) is 5.63. The van der Waals surface area contributed by atoms with Gasteiger partial charge >= 0.3 is 0 Å². The number of piperazine rings is 1. The molecule has 1 aromatic heterocycles. The Morgan fingerprint density at radius 1 is 1.00 bits per heavy atom. The van der Waals surface area contributed by atoms with Crippen molar-refractivity contribution in [1.82, 2.24) is 25.5 Å². The van der Waals surface area contributed by atoms with Gasteiger partial charge in [-0.3, -0.25) is 9.89 Å². The highest BCUT2D eigenvalue weighted by Gasteiger charge is 2.21. The lowest BCUT2D eigenvalue weighted by Crippen LogP contribution is -2.48. The zero-order valence-corrected chi connectivity index (χ0v) is 21.3. The maximum Gasteiger partial charge on any atom is 0.225 e. The molecule has 0 aliphatic carbocycles. The van der Waals surface area contributed by atoms with Gasteiger partial charge in [0.05, 0.1) is 0 Å². The predicted octanol–water partition coefficient (Wildman–Crippen LogP) is 2.75. The molecule has 31 heavy (non-hydrogen) atoms. The maximum absolute atomic E-state index is 4.37. The maximum atomic E-state index is 4.37. The molecule has 1 fully saturated rings. The highest BCUT2D eigenvalue weighted by atomic mass is 127. The Labute approximate surface area is 203 Å². The molecule has 2 aromatic rings. The molecule has 0 bridgehead atoms. The van der Waals surface area contributed by atoms with Gasteiger partial charge in [-0.15, -0.1) is 24.0 Å². The molecule has 1 saturated heterocycles. The summed E-state index contributed by atoms with van der Waals surface area (Å²) in [5, 5.41) is 6.92. The Morgan fingerprint density at radius 2 is 1.68 bits per heavy atom. The van der Waals surface area contributed by atoms with Crippen LogP contribution in [0.1, 0.15) is 25.8 Å². The van der Waals surface area contributed by atoms with Crippen molar-refractivity contribution >= 4 is 35.9 Å². The molecule has 170 valence electrons. The highest BCUT2D eigenvalue weighted by Crippen LogP contribution is 2.21. The van der Waals surface area contributed by atoms with Crippen molar-refractivity contribution in [1.29, 1.82) is 0 Å². The van der Waals surface area contributed by atoms with Gasteiger partial charge in [0.2, 0.25) is 5.95 Å². The lowest BCUT2D eigenvalue weighted by atomic mass is 9.85. The van der Waals surface area contributed by atoms with Gasteiger partial charge < -0.3 is 15.5 Å². The Balaban J connectivity index is 0.00000341. The Morgan fingerprint density at radius 3 is 2.32 bits per heavy atom. The first-order chi connectivity index (χ1) is 14.6. The number of nitrogens with zero attached hydrogens (tertiary/aromatic N) is 5. The van der Waals surface area contributed by atoms with E-state index in [1.54, 1.807) is 0 Å². The van der Waals surface area contributed by atoms with Gasteiger partial charge in [0, 0.05) is 64.1 Å². The molecule has 0 amide bonds. The van der Waals surface area contributed by atoms with Gasteiger partial charge in [0.15, 0.2) is 5.96 Å². The average molecular weight is 537 g/mol. The van der Waals surface area contributed by atoms with Crippen molar-refractivity contribution in [3.8, 4) is 0 Å². The number of halogens is 1. The first-order valence-corrected chi connectivity index (χ1v) is 10.8. The number of nitrogens with one attached hydrogen (secondary N) is 2. The Hall–Kier alpha value is -1.94. The summed E-state index contributed by atoms with van der Waals surface area (Å²) in [5.74, 6) is 1.71. The number of hydrogen-bond donors (Lipinski definition) is 2. The summed E-state index contributed by atoms with van der Waals surface area (Å²) in [6.07, 6.45) is 4.70. The largest absolute Gasteiger partial charge is 0.356 e. The van der Waals surface area contributed by atoms with Crippen LogP contribution in [-0.4, -0.2) is 73.7 Å². The third-order valence-electron chi connectivity index (χ3n) is 5.63. The zero-order valence-electron chi connectivity index (χ0n) is 18.9. The van der Waals surface area contributed by atoms with Crippen LogP contribution < -0.4 is 15.5 Å². The van der Waals surface area contributed by atoms with Crippen LogP contribution in [0.2, 0.25) is 0 Å². The van der Waals surface area contributed by atoms with Crippen molar-refractivity contribution in [2.75, 3.05) is 57.8 Å². The summed E-state index contributed by atoms with van der Waals surface area (Å²) < 4.78 is 0. The van der Waals surface area contributed by atoms with Gasteiger partial charge in [-0.05, 0) is 24.6 Å². The van der Waals surface area contributed by atoms with Crippen molar-refractivity contribution in [3.05, 3.63) is 54.4 Å². The molecule has 2 N–H and O–H groups in total. The van der Waals surface area contributed by atoms with E-state index in [9.17, 15) is 0 Å². The van der Waals surface area contributed by atoms with Crippen molar-refractivity contribution < 1.29 is 0 Å². The van der Waals surface area contributed by atoms with Crippen LogP contribution in [0.4, 0.5) is 5.95 Å². The monoisotopic (exact) mass is 537 g/mol. The summed E-state index contributed by atoms with van der Waals surface area (Å²) in [7, 11) is 1.83. The van der Waals surface area contributed by atoms with E-state index in [1.165, 1.54) is 5.56 Å². The smallest absolute Gasteiger partial charge is 0.225 e. The van der Waals surface area contributed by atoms with E-state index >= 15 is 0 Å². The third kappa shape index (κ3) is 7.92. The van der Waals surface area contributed by atoms with Gasteiger partial charge in [0.1, 0.15) is 0 Å². The molecule has 1 aliphatic rings. The number of aliphatic imine (C=N–C) groups is 1. The van der Waals surface area contributed by atoms with Crippen molar-refractivity contribution in [3.63, 3.8) is 0 Å². The standard InChI is InChI=1S/C23H35N7.HI/c1-23(2,20-9-5-4-6-10-20)19-28-21(24-3)25-13-8-14-29-15-17-30(18-16-29)22-26-11-7-12-27-22;/h4-7,9-12H,8,13-19H2,1-3H3,(H2,24,25,28);1H. The fraction of sp³-hybridized carbons (Fsp3) is 0.522. The SMILES string of the molecule is CN=C(NCCCN1CCN(c2ncccn2)CC1)NCC(C)(C)c1ccccc1.I. The van der Waals surface area contributed by atoms with Crippen LogP contribution in [0.5, 0.6) is 0 Å². The Kier molecular flexibility index (Phi) is 10.5. The fourth-order valence-corrected chi connectivity index (χ4v) is 3.65. The molecule has 1 aliphatic heterocycles. The number of hydrogen-bond acceptors (Lipinski definition) is 5. The topological polar surface area (TPSA) is 68.7 Å². The molecule has 3 rings (SSSR count). The zero-order chi connectivity index (χ0) is 21.2. The second kappa shape index (κ2) is 12.8. The van der Waals surface area contributed by atoms with E-state index in [2.05, 4.69) is 79.6 Å². The van der Waals surface area contributed by atoms with Gasteiger partial charge in [0.25, 0.3) is 0 Å². The predicted molar refractivity (Wildman–Crippen MR) is 140 cm³/mol. The van der Waals surface area contributed by atoms with Crippen molar-refractivity contribution in [2.24, 2.45) is 4.99 Å². The number of rotatable bonds is 8. The van der Waals surface area contributed by atoms with Crippen LogP contribution in [0.3, 0.4) is 0 Å². The summed E-state index contributed by atoms with van der Waals surface area (Å²) >= 11 is 0. The normalized spacial score (nSPS) is 15.3.